The number of hydrogen-bond acceptors (Lipinski definition) is 4. The second kappa shape index (κ2) is 6.85. The van der Waals surface area contributed by atoms with Crippen LogP contribution in [0, 0.1) is 0 Å². The molecule has 1 amide bonds. The van der Waals surface area contributed by atoms with E-state index >= 15 is 0 Å². The summed E-state index contributed by atoms with van der Waals surface area (Å²) in [5, 5.41) is 13.5. The summed E-state index contributed by atoms with van der Waals surface area (Å²) in [5.74, 6) is -0.153. The van der Waals surface area contributed by atoms with Gasteiger partial charge in [0.1, 0.15) is 6.10 Å². The maximum Gasteiger partial charge on any atom is 0.251 e. The smallest absolute Gasteiger partial charge is 0.251 e. The van der Waals surface area contributed by atoms with Crippen LogP contribution in [0.1, 0.15) is 18.9 Å². The molecule has 1 aliphatic heterocycles. The third-order valence-corrected chi connectivity index (χ3v) is 3.74. The average molecular weight is 280 g/mol. The number of rotatable bonds is 5. The van der Waals surface area contributed by atoms with Crippen molar-refractivity contribution in [2.24, 2.45) is 7.05 Å². The van der Waals surface area contributed by atoms with Crippen molar-refractivity contribution in [2.45, 2.75) is 25.9 Å². The molecule has 1 atom stereocenters. The van der Waals surface area contributed by atoms with Crippen molar-refractivity contribution >= 4 is 5.91 Å². The maximum atomic E-state index is 11.7. The summed E-state index contributed by atoms with van der Waals surface area (Å²) in [5.41, 5.74) is 1.27. The molecule has 0 aliphatic carbocycles. The summed E-state index contributed by atoms with van der Waals surface area (Å²) in [6.45, 7) is 5.80. The molecule has 1 aliphatic rings. The molecule has 112 valence electrons. The van der Waals surface area contributed by atoms with E-state index in [2.05, 4.69) is 16.2 Å². The number of aliphatic hydroxyl groups is 1. The number of carbonyl (C=O) groups is 1. The Morgan fingerprint density at radius 2 is 2.10 bits per heavy atom. The molecule has 1 unspecified atom stereocenters. The number of aromatic nitrogens is 2. The lowest BCUT2D eigenvalue weighted by molar-refractivity contribution is -0.141. The van der Waals surface area contributed by atoms with E-state index in [1.165, 1.54) is 12.5 Å². The Balaban J connectivity index is 1.66. The second-order valence-corrected chi connectivity index (χ2v) is 5.47. The Bertz CT molecular complexity index is 436. The van der Waals surface area contributed by atoms with Gasteiger partial charge in [0.2, 0.25) is 0 Å². The fourth-order valence-corrected chi connectivity index (χ4v) is 2.56. The lowest BCUT2D eigenvalue weighted by atomic mass is 10.2. The van der Waals surface area contributed by atoms with Gasteiger partial charge >= 0.3 is 0 Å². The predicted octanol–water partition coefficient (Wildman–Crippen LogP) is -0.122. The normalized spacial score (nSPS) is 18.2. The zero-order valence-electron chi connectivity index (χ0n) is 12.3. The molecule has 2 rings (SSSR count). The van der Waals surface area contributed by atoms with Gasteiger partial charge in [-0.1, -0.05) is 0 Å². The van der Waals surface area contributed by atoms with E-state index in [9.17, 15) is 9.90 Å². The number of aryl methyl sites for hydroxylation is 2. The molecule has 1 N–H and O–H groups in total. The minimum Gasteiger partial charge on any atom is -0.384 e. The fourth-order valence-electron chi connectivity index (χ4n) is 2.56. The lowest BCUT2D eigenvalue weighted by Crippen LogP contribution is -2.51. The summed E-state index contributed by atoms with van der Waals surface area (Å²) in [6, 6.07) is 0. The standard InChI is InChI=1S/C14H24N4O2/c1-12(19)14(20)18-8-6-17(7-9-18)5-3-4-13-10-15-16(2)11-13/h10-12,19H,3-9H2,1-2H3. The van der Waals surface area contributed by atoms with Crippen molar-refractivity contribution in [1.29, 1.82) is 0 Å². The number of amides is 1. The molecule has 1 fully saturated rings. The first-order valence-electron chi connectivity index (χ1n) is 7.23. The van der Waals surface area contributed by atoms with Gasteiger partial charge in [0.15, 0.2) is 0 Å². The van der Waals surface area contributed by atoms with Crippen LogP contribution in [0.25, 0.3) is 0 Å². The predicted molar refractivity (Wildman–Crippen MR) is 76.2 cm³/mol. The van der Waals surface area contributed by atoms with E-state index in [1.54, 1.807) is 4.90 Å². The van der Waals surface area contributed by atoms with E-state index in [4.69, 9.17) is 0 Å². The summed E-state index contributed by atoms with van der Waals surface area (Å²) in [7, 11) is 1.93. The van der Waals surface area contributed by atoms with E-state index in [-0.39, 0.29) is 5.91 Å². The van der Waals surface area contributed by atoms with E-state index in [0.717, 1.165) is 45.6 Å². The van der Waals surface area contributed by atoms with Crippen LogP contribution in [0.15, 0.2) is 12.4 Å². The number of aliphatic hydroxyl groups excluding tert-OH is 1. The van der Waals surface area contributed by atoms with E-state index < -0.39 is 6.10 Å². The summed E-state index contributed by atoms with van der Waals surface area (Å²) < 4.78 is 1.83. The van der Waals surface area contributed by atoms with Crippen molar-refractivity contribution in [3.05, 3.63) is 18.0 Å². The Morgan fingerprint density at radius 3 is 2.65 bits per heavy atom. The number of carbonyl (C=O) groups excluding carboxylic acids is 1. The Kier molecular flexibility index (Phi) is 5.14. The Morgan fingerprint density at radius 1 is 1.40 bits per heavy atom. The van der Waals surface area contributed by atoms with Crippen LogP contribution < -0.4 is 0 Å². The minimum absolute atomic E-state index is 0.153. The second-order valence-electron chi connectivity index (χ2n) is 5.47. The molecule has 0 aromatic carbocycles. The largest absolute Gasteiger partial charge is 0.384 e. The number of piperazine rings is 1. The number of hydrogen-bond donors (Lipinski definition) is 1. The topological polar surface area (TPSA) is 61.6 Å². The fraction of sp³-hybridized carbons (Fsp3) is 0.714. The molecule has 2 heterocycles. The highest BCUT2D eigenvalue weighted by atomic mass is 16.3. The van der Waals surface area contributed by atoms with E-state index in [1.807, 2.05) is 17.9 Å². The highest BCUT2D eigenvalue weighted by Gasteiger charge is 2.23. The zero-order valence-corrected chi connectivity index (χ0v) is 12.3. The van der Waals surface area contributed by atoms with Crippen LogP contribution in [-0.4, -0.2) is 69.4 Å². The Labute approximate surface area is 120 Å². The van der Waals surface area contributed by atoms with Gasteiger partial charge in [-0.2, -0.15) is 5.10 Å². The third-order valence-electron chi connectivity index (χ3n) is 3.74. The first-order valence-corrected chi connectivity index (χ1v) is 7.23. The van der Waals surface area contributed by atoms with Crippen LogP contribution in [0.4, 0.5) is 0 Å². The molecule has 6 nitrogen and oxygen atoms in total. The van der Waals surface area contributed by atoms with Gasteiger partial charge < -0.3 is 10.0 Å². The molecule has 0 saturated carbocycles. The van der Waals surface area contributed by atoms with Crippen LogP contribution >= 0.6 is 0 Å². The number of nitrogens with zero attached hydrogens (tertiary/aromatic N) is 4. The van der Waals surface area contributed by atoms with Crippen molar-refractivity contribution in [3.63, 3.8) is 0 Å². The first kappa shape index (κ1) is 15.0. The minimum atomic E-state index is -0.882. The molecule has 0 spiro atoms. The average Bonchev–Trinajstić information content (AvgIpc) is 2.84. The highest BCUT2D eigenvalue weighted by molar-refractivity contribution is 5.80. The maximum absolute atomic E-state index is 11.7. The van der Waals surface area contributed by atoms with Crippen molar-refractivity contribution in [1.82, 2.24) is 19.6 Å². The van der Waals surface area contributed by atoms with Gasteiger partial charge in [-0.3, -0.25) is 14.4 Å². The Hall–Kier alpha value is -1.40. The van der Waals surface area contributed by atoms with Crippen molar-refractivity contribution < 1.29 is 9.90 Å². The van der Waals surface area contributed by atoms with E-state index in [0.29, 0.717) is 0 Å². The van der Waals surface area contributed by atoms with Gasteiger partial charge in [-0.25, -0.2) is 0 Å². The van der Waals surface area contributed by atoms with Gasteiger partial charge in [0, 0.05) is 39.4 Å². The van der Waals surface area contributed by atoms with Gasteiger partial charge in [-0.05, 0) is 31.9 Å². The molecular weight excluding hydrogens is 256 g/mol. The molecular formula is C14H24N4O2. The van der Waals surface area contributed by atoms with Crippen LogP contribution in [0.5, 0.6) is 0 Å². The highest BCUT2D eigenvalue weighted by Crippen LogP contribution is 2.07. The molecule has 1 saturated heterocycles. The third kappa shape index (κ3) is 4.05. The summed E-state index contributed by atoms with van der Waals surface area (Å²) in [6.07, 6.45) is 5.24. The molecule has 6 heteroatoms. The van der Waals surface area contributed by atoms with Crippen molar-refractivity contribution in [3.8, 4) is 0 Å². The molecule has 1 aromatic heterocycles. The summed E-state index contributed by atoms with van der Waals surface area (Å²) in [4.78, 5) is 15.8. The van der Waals surface area contributed by atoms with Crippen LogP contribution in [0.2, 0.25) is 0 Å². The quantitative estimate of drug-likeness (QED) is 0.817. The van der Waals surface area contributed by atoms with Crippen LogP contribution in [-0.2, 0) is 18.3 Å². The molecule has 0 bridgehead atoms. The monoisotopic (exact) mass is 280 g/mol. The SMILES string of the molecule is CC(O)C(=O)N1CCN(CCCc2cnn(C)c2)CC1. The lowest BCUT2D eigenvalue weighted by Gasteiger charge is -2.35. The van der Waals surface area contributed by atoms with Gasteiger partial charge in [0.05, 0.1) is 6.20 Å². The first-order chi connectivity index (χ1) is 9.56. The zero-order chi connectivity index (χ0) is 14.5. The van der Waals surface area contributed by atoms with Gasteiger partial charge in [0.25, 0.3) is 5.91 Å². The summed E-state index contributed by atoms with van der Waals surface area (Å²) >= 11 is 0. The molecule has 1 aromatic rings. The molecule has 20 heavy (non-hydrogen) atoms. The van der Waals surface area contributed by atoms with Gasteiger partial charge in [-0.15, -0.1) is 0 Å². The van der Waals surface area contributed by atoms with Crippen LogP contribution in [0.3, 0.4) is 0 Å². The van der Waals surface area contributed by atoms with Crippen molar-refractivity contribution in [2.75, 3.05) is 32.7 Å². The molecule has 0 radical (unpaired) electrons.